The minimum absolute atomic E-state index is 0.182. The van der Waals surface area contributed by atoms with E-state index >= 15 is 0 Å². The summed E-state index contributed by atoms with van der Waals surface area (Å²) < 4.78 is 46.6. The molecule has 1 unspecified atom stereocenters. The highest BCUT2D eigenvalue weighted by Crippen LogP contribution is 2.49. The van der Waals surface area contributed by atoms with E-state index in [1.54, 1.807) is 24.3 Å². The third kappa shape index (κ3) is 4.96. The van der Waals surface area contributed by atoms with Gasteiger partial charge in [-0.3, -0.25) is 4.79 Å². The Hall–Kier alpha value is -2.71. The van der Waals surface area contributed by atoms with Crippen molar-refractivity contribution in [2.75, 3.05) is 7.11 Å². The van der Waals surface area contributed by atoms with E-state index in [0.717, 1.165) is 27.8 Å². The van der Waals surface area contributed by atoms with E-state index in [2.05, 4.69) is 4.98 Å². The number of allylic oxidation sites excluding steroid dienone is 1. The Balaban J connectivity index is 1.63. The summed E-state index contributed by atoms with van der Waals surface area (Å²) in [5.41, 5.74) is 2.29. The van der Waals surface area contributed by atoms with Gasteiger partial charge in [0, 0.05) is 11.1 Å². The van der Waals surface area contributed by atoms with Gasteiger partial charge in [-0.1, -0.05) is 48.0 Å². The minimum atomic E-state index is -4.56. The van der Waals surface area contributed by atoms with Crippen LogP contribution in [0.4, 0.5) is 13.2 Å². The van der Waals surface area contributed by atoms with Crippen LogP contribution in [0, 0.1) is 6.92 Å². The first kappa shape index (κ1) is 23.4. The molecule has 1 aliphatic heterocycles. The second-order valence-corrected chi connectivity index (χ2v) is 9.27. The van der Waals surface area contributed by atoms with Gasteiger partial charge in [-0.05, 0) is 42.2 Å². The van der Waals surface area contributed by atoms with Crippen LogP contribution in [-0.4, -0.2) is 22.6 Å². The summed E-state index contributed by atoms with van der Waals surface area (Å²) in [7, 11) is 1.35. The van der Waals surface area contributed by atoms with Crippen LogP contribution >= 0.6 is 23.4 Å². The number of ether oxygens (including phenoxy) is 1. The highest BCUT2D eigenvalue weighted by molar-refractivity contribution is 8.08. The topological polar surface area (TPSA) is 44.1 Å². The monoisotopic (exact) mass is 492 g/mol. The lowest BCUT2D eigenvalue weighted by Crippen LogP contribution is -2.05. The lowest BCUT2D eigenvalue weighted by atomic mass is 10.0. The SMILES string of the molecule is COC(=O)Cc1ccc(C2=CCC(c3nc(C(F)(F)F)cn3-c3ccccc3Cl)S2)c(C)c1. The fourth-order valence-electron chi connectivity index (χ4n) is 3.74. The van der Waals surface area contributed by atoms with Crippen molar-refractivity contribution in [1.29, 1.82) is 0 Å². The van der Waals surface area contributed by atoms with Crippen molar-refractivity contribution >= 4 is 34.2 Å². The number of halogens is 4. The zero-order chi connectivity index (χ0) is 23.8. The quantitative estimate of drug-likeness (QED) is 0.368. The molecule has 0 bridgehead atoms. The van der Waals surface area contributed by atoms with Gasteiger partial charge in [-0.15, -0.1) is 11.8 Å². The van der Waals surface area contributed by atoms with Gasteiger partial charge >= 0.3 is 12.1 Å². The van der Waals surface area contributed by atoms with Crippen molar-refractivity contribution in [3.63, 3.8) is 0 Å². The highest BCUT2D eigenvalue weighted by atomic mass is 35.5. The molecule has 0 saturated heterocycles. The minimum Gasteiger partial charge on any atom is -0.469 e. The number of rotatable bonds is 5. The van der Waals surface area contributed by atoms with Crippen LogP contribution in [-0.2, 0) is 22.1 Å². The fraction of sp³-hybridized carbons (Fsp3) is 0.250. The third-order valence-electron chi connectivity index (χ3n) is 5.34. The normalized spacial score (nSPS) is 16.1. The van der Waals surface area contributed by atoms with Gasteiger partial charge in [0.05, 0.1) is 29.5 Å². The van der Waals surface area contributed by atoms with Crippen LogP contribution in [0.3, 0.4) is 0 Å². The summed E-state index contributed by atoms with van der Waals surface area (Å²) in [6, 6.07) is 12.5. The average Bonchev–Trinajstić information content (AvgIpc) is 3.41. The molecule has 0 radical (unpaired) electrons. The summed E-state index contributed by atoms with van der Waals surface area (Å²) >= 11 is 7.75. The summed E-state index contributed by atoms with van der Waals surface area (Å²) in [6.45, 7) is 1.94. The van der Waals surface area contributed by atoms with Crippen LogP contribution in [0.15, 0.2) is 54.7 Å². The average molecular weight is 493 g/mol. The van der Waals surface area contributed by atoms with Gasteiger partial charge < -0.3 is 9.30 Å². The van der Waals surface area contributed by atoms with Crippen molar-refractivity contribution in [3.05, 3.63) is 88.0 Å². The Kier molecular flexibility index (Phi) is 6.59. The number of hydrogen-bond donors (Lipinski definition) is 0. The molecule has 2 heterocycles. The molecule has 0 fully saturated rings. The number of imidazole rings is 1. The van der Waals surface area contributed by atoms with Crippen molar-refractivity contribution in [3.8, 4) is 5.69 Å². The first-order chi connectivity index (χ1) is 15.7. The molecule has 33 heavy (non-hydrogen) atoms. The molecular weight excluding hydrogens is 473 g/mol. The van der Waals surface area contributed by atoms with E-state index in [1.807, 2.05) is 31.2 Å². The molecule has 9 heteroatoms. The number of nitrogens with zero attached hydrogens (tertiary/aromatic N) is 2. The van der Waals surface area contributed by atoms with Gasteiger partial charge in [0.25, 0.3) is 0 Å². The molecule has 1 aliphatic rings. The zero-order valence-electron chi connectivity index (χ0n) is 17.8. The Morgan fingerprint density at radius 1 is 1.27 bits per heavy atom. The van der Waals surface area contributed by atoms with E-state index in [9.17, 15) is 18.0 Å². The first-order valence-electron chi connectivity index (χ1n) is 10.1. The fourth-order valence-corrected chi connectivity index (χ4v) is 5.29. The van der Waals surface area contributed by atoms with Gasteiger partial charge in [0.2, 0.25) is 0 Å². The van der Waals surface area contributed by atoms with Gasteiger partial charge in [0.1, 0.15) is 5.82 Å². The first-order valence-corrected chi connectivity index (χ1v) is 11.4. The predicted molar refractivity (Wildman–Crippen MR) is 123 cm³/mol. The van der Waals surface area contributed by atoms with Crippen LogP contribution in [0.5, 0.6) is 0 Å². The lowest BCUT2D eigenvalue weighted by Gasteiger charge is -2.15. The van der Waals surface area contributed by atoms with E-state index in [1.165, 1.54) is 23.4 Å². The second kappa shape index (κ2) is 9.27. The molecule has 0 amide bonds. The molecule has 4 rings (SSSR count). The van der Waals surface area contributed by atoms with E-state index in [0.29, 0.717) is 23.0 Å². The number of alkyl halides is 3. The van der Waals surface area contributed by atoms with Crippen LogP contribution < -0.4 is 0 Å². The summed E-state index contributed by atoms with van der Waals surface area (Å²) in [5, 5.41) is 0.0413. The van der Waals surface area contributed by atoms with Crippen molar-refractivity contribution in [2.24, 2.45) is 0 Å². The van der Waals surface area contributed by atoms with Crippen LogP contribution in [0.25, 0.3) is 10.6 Å². The molecular formula is C24H20ClF3N2O2S. The number of para-hydroxylation sites is 1. The maximum Gasteiger partial charge on any atom is 0.434 e. The maximum absolute atomic E-state index is 13.5. The Bertz CT molecular complexity index is 1240. The summed E-state index contributed by atoms with van der Waals surface area (Å²) in [6.07, 6.45) is -0.838. The number of hydrogen-bond acceptors (Lipinski definition) is 4. The number of esters is 1. The second-order valence-electron chi connectivity index (χ2n) is 7.62. The number of carbonyl (C=O) groups is 1. The van der Waals surface area contributed by atoms with Crippen LogP contribution in [0.1, 0.15) is 39.9 Å². The lowest BCUT2D eigenvalue weighted by molar-refractivity contribution is -0.141. The van der Waals surface area contributed by atoms with E-state index in [4.69, 9.17) is 16.3 Å². The van der Waals surface area contributed by atoms with Gasteiger partial charge in [0.15, 0.2) is 5.69 Å². The number of benzene rings is 2. The van der Waals surface area contributed by atoms with Crippen LogP contribution in [0.2, 0.25) is 5.02 Å². The highest BCUT2D eigenvalue weighted by Gasteiger charge is 2.37. The number of thioether (sulfide) groups is 1. The van der Waals surface area contributed by atoms with Crippen molar-refractivity contribution < 1.29 is 22.7 Å². The van der Waals surface area contributed by atoms with Gasteiger partial charge in [-0.25, -0.2) is 4.98 Å². The standard InChI is InChI=1S/C24H20ClF3N2O2S/c1-14-11-15(12-22(31)32-2)7-8-16(14)19-9-10-20(33-19)23-29-21(24(26,27)28)13-30(23)18-6-4-3-5-17(18)25/h3-9,11,13,20H,10,12H2,1-2H3. The van der Waals surface area contributed by atoms with Crippen molar-refractivity contribution in [2.45, 2.75) is 31.2 Å². The predicted octanol–water partition coefficient (Wildman–Crippen LogP) is 6.79. The number of methoxy groups -OCH3 is 1. The molecule has 0 N–H and O–H groups in total. The maximum atomic E-state index is 13.5. The molecule has 1 aromatic heterocycles. The molecule has 0 saturated carbocycles. The number of aromatic nitrogens is 2. The molecule has 0 aliphatic carbocycles. The summed E-state index contributed by atoms with van der Waals surface area (Å²) in [4.78, 5) is 16.5. The molecule has 4 nitrogen and oxygen atoms in total. The smallest absolute Gasteiger partial charge is 0.434 e. The Labute approximate surface area is 198 Å². The molecule has 3 aromatic rings. The van der Waals surface area contributed by atoms with E-state index in [-0.39, 0.29) is 17.6 Å². The molecule has 1 atom stereocenters. The van der Waals surface area contributed by atoms with E-state index < -0.39 is 11.9 Å². The number of carbonyl (C=O) groups excluding carboxylic acids is 1. The molecule has 2 aromatic carbocycles. The Morgan fingerprint density at radius 2 is 2.03 bits per heavy atom. The largest absolute Gasteiger partial charge is 0.469 e. The molecule has 172 valence electrons. The van der Waals surface area contributed by atoms with Gasteiger partial charge in [-0.2, -0.15) is 13.2 Å². The summed E-state index contributed by atoms with van der Waals surface area (Å²) in [5.74, 6) is -0.0183. The zero-order valence-corrected chi connectivity index (χ0v) is 19.4. The van der Waals surface area contributed by atoms with Crippen molar-refractivity contribution in [1.82, 2.24) is 9.55 Å². The Morgan fingerprint density at radius 3 is 2.70 bits per heavy atom. The molecule has 0 spiro atoms. The number of aryl methyl sites for hydroxylation is 1. The third-order valence-corrected chi connectivity index (χ3v) is 6.99.